The number of carbonyl (C=O) groups excluding carboxylic acids is 1. The van der Waals surface area contributed by atoms with E-state index in [2.05, 4.69) is 32.1 Å². The van der Waals surface area contributed by atoms with Crippen molar-refractivity contribution in [3.05, 3.63) is 17.5 Å². The number of amides is 1. The molecule has 2 saturated heterocycles. The van der Waals surface area contributed by atoms with E-state index in [1.807, 2.05) is 6.92 Å². The molecule has 0 aliphatic carbocycles. The molecule has 1 aromatic rings. The molecule has 0 spiro atoms. The summed E-state index contributed by atoms with van der Waals surface area (Å²) in [5, 5.41) is 2.78. The fourth-order valence-corrected chi connectivity index (χ4v) is 4.66. The third-order valence-corrected chi connectivity index (χ3v) is 6.20. The predicted octanol–water partition coefficient (Wildman–Crippen LogP) is -0.546. The van der Waals surface area contributed by atoms with Gasteiger partial charge >= 0.3 is 0 Å². The Kier molecular flexibility index (Phi) is 4.73. The second-order valence-corrected chi connectivity index (χ2v) is 8.79. The minimum absolute atomic E-state index is 0.00806. The lowest BCUT2D eigenvalue weighted by atomic mass is 10.2. The van der Waals surface area contributed by atoms with Crippen molar-refractivity contribution in [2.24, 2.45) is 0 Å². The molecular formula is C15H23N5O3S. The highest BCUT2D eigenvalue weighted by molar-refractivity contribution is 7.91. The summed E-state index contributed by atoms with van der Waals surface area (Å²) in [6, 6.07) is 1.31. The van der Waals surface area contributed by atoms with Gasteiger partial charge in [0.05, 0.1) is 11.5 Å². The Labute approximate surface area is 142 Å². The maximum absolute atomic E-state index is 12.4. The lowest BCUT2D eigenvalue weighted by Gasteiger charge is -2.32. The van der Waals surface area contributed by atoms with E-state index < -0.39 is 9.84 Å². The molecule has 0 bridgehead atoms. The Bertz CT molecular complexity index is 729. The van der Waals surface area contributed by atoms with E-state index in [1.54, 1.807) is 6.07 Å². The minimum atomic E-state index is -3.02. The molecule has 2 aliphatic rings. The highest BCUT2D eigenvalue weighted by Gasteiger charge is 2.29. The second kappa shape index (κ2) is 6.64. The molecule has 132 valence electrons. The summed E-state index contributed by atoms with van der Waals surface area (Å²) >= 11 is 0. The number of aromatic nitrogens is 2. The molecule has 1 unspecified atom stereocenters. The molecule has 2 fully saturated rings. The van der Waals surface area contributed by atoms with Crippen LogP contribution in [0.1, 0.15) is 22.6 Å². The lowest BCUT2D eigenvalue weighted by Crippen LogP contribution is -2.45. The van der Waals surface area contributed by atoms with Crippen molar-refractivity contribution in [2.45, 2.75) is 19.4 Å². The SMILES string of the molecule is Cc1cc(C(=O)NC2CCS(=O)(=O)C2)nc(N2CCN(C)CC2)n1. The van der Waals surface area contributed by atoms with E-state index in [-0.39, 0.29) is 23.5 Å². The van der Waals surface area contributed by atoms with Gasteiger partial charge in [-0.25, -0.2) is 18.4 Å². The highest BCUT2D eigenvalue weighted by atomic mass is 32.2. The van der Waals surface area contributed by atoms with Crippen LogP contribution in [0.4, 0.5) is 5.95 Å². The van der Waals surface area contributed by atoms with Gasteiger partial charge in [-0.15, -0.1) is 0 Å². The number of piperazine rings is 1. The van der Waals surface area contributed by atoms with Gasteiger partial charge in [0.2, 0.25) is 5.95 Å². The molecule has 1 aromatic heterocycles. The van der Waals surface area contributed by atoms with Crippen molar-refractivity contribution in [1.29, 1.82) is 0 Å². The van der Waals surface area contributed by atoms with Gasteiger partial charge in [0.1, 0.15) is 5.69 Å². The molecule has 3 rings (SSSR count). The first kappa shape index (κ1) is 17.1. The summed E-state index contributed by atoms with van der Waals surface area (Å²) in [6.45, 7) is 5.33. The molecular weight excluding hydrogens is 330 g/mol. The van der Waals surface area contributed by atoms with Gasteiger partial charge in [-0.05, 0) is 26.5 Å². The molecule has 1 amide bonds. The van der Waals surface area contributed by atoms with Crippen LogP contribution in [-0.2, 0) is 9.84 Å². The minimum Gasteiger partial charge on any atom is -0.347 e. The quantitative estimate of drug-likeness (QED) is 0.779. The number of sulfone groups is 1. The normalized spacial score (nSPS) is 24.1. The standard InChI is InChI=1S/C15H23N5O3S/c1-11-9-13(14(21)17-12-3-8-24(22,23)10-12)18-15(16-11)20-6-4-19(2)5-7-20/h9,12H,3-8,10H2,1-2H3,(H,17,21). The Balaban J connectivity index is 1.72. The van der Waals surface area contributed by atoms with E-state index in [9.17, 15) is 13.2 Å². The van der Waals surface area contributed by atoms with Crippen LogP contribution in [0.5, 0.6) is 0 Å². The monoisotopic (exact) mass is 353 g/mol. The first-order chi connectivity index (χ1) is 11.3. The summed E-state index contributed by atoms with van der Waals surface area (Å²) < 4.78 is 23.0. The number of rotatable bonds is 3. The van der Waals surface area contributed by atoms with Crippen LogP contribution in [0.25, 0.3) is 0 Å². The fraction of sp³-hybridized carbons (Fsp3) is 0.667. The summed E-state index contributed by atoms with van der Waals surface area (Å²) in [4.78, 5) is 25.6. The molecule has 0 aromatic carbocycles. The molecule has 0 saturated carbocycles. The van der Waals surface area contributed by atoms with Crippen LogP contribution in [0.2, 0.25) is 0 Å². The first-order valence-electron chi connectivity index (χ1n) is 8.13. The number of aryl methyl sites for hydroxylation is 1. The van der Waals surface area contributed by atoms with Crippen molar-refractivity contribution in [3.63, 3.8) is 0 Å². The molecule has 1 atom stereocenters. The van der Waals surface area contributed by atoms with Crippen LogP contribution in [0.3, 0.4) is 0 Å². The fourth-order valence-electron chi connectivity index (χ4n) is 2.99. The van der Waals surface area contributed by atoms with E-state index >= 15 is 0 Å². The molecule has 3 heterocycles. The number of likely N-dealkylation sites (N-methyl/N-ethyl adjacent to an activating group) is 1. The van der Waals surface area contributed by atoms with Gasteiger partial charge in [0, 0.05) is 37.9 Å². The van der Waals surface area contributed by atoms with Crippen LogP contribution in [0, 0.1) is 6.92 Å². The summed E-state index contributed by atoms with van der Waals surface area (Å²) in [7, 11) is -0.950. The Hall–Kier alpha value is -1.74. The molecule has 0 radical (unpaired) electrons. The lowest BCUT2D eigenvalue weighted by molar-refractivity contribution is 0.0936. The Morgan fingerprint density at radius 1 is 1.25 bits per heavy atom. The first-order valence-corrected chi connectivity index (χ1v) is 9.95. The summed E-state index contributed by atoms with van der Waals surface area (Å²) in [6.07, 6.45) is 0.462. The van der Waals surface area contributed by atoms with Crippen LogP contribution in [-0.4, -0.2) is 80.0 Å². The van der Waals surface area contributed by atoms with E-state index in [1.165, 1.54) is 0 Å². The van der Waals surface area contributed by atoms with Gasteiger partial charge in [-0.2, -0.15) is 0 Å². The van der Waals surface area contributed by atoms with E-state index in [0.29, 0.717) is 18.1 Å². The van der Waals surface area contributed by atoms with Crippen molar-refractivity contribution in [3.8, 4) is 0 Å². The molecule has 24 heavy (non-hydrogen) atoms. The average Bonchev–Trinajstić information content (AvgIpc) is 2.86. The molecule has 9 heteroatoms. The van der Waals surface area contributed by atoms with Crippen molar-refractivity contribution < 1.29 is 13.2 Å². The van der Waals surface area contributed by atoms with Crippen LogP contribution >= 0.6 is 0 Å². The van der Waals surface area contributed by atoms with Gasteiger partial charge in [-0.1, -0.05) is 0 Å². The average molecular weight is 353 g/mol. The Morgan fingerprint density at radius 2 is 1.96 bits per heavy atom. The highest BCUT2D eigenvalue weighted by Crippen LogP contribution is 2.15. The smallest absolute Gasteiger partial charge is 0.270 e. The third-order valence-electron chi connectivity index (χ3n) is 4.43. The number of carbonyl (C=O) groups is 1. The van der Waals surface area contributed by atoms with Gasteiger partial charge < -0.3 is 15.1 Å². The zero-order valence-corrected chi connectivity index (χ0v) is 14.8. The van der Waals surface area contributed by atoms with E-state index in [4.69, 9.17) is 0 Å². The Morgan fingerprint density at radius 3 is 2.58 bits per heavy atom. The number of hydrogen-bond acceptors (Lipinski definition) is 7. The predicted molar refractivity (Wildman–Crippen MR) is 91.0 cm³/mol. The van der Waals surface area contributed by atoms with Gasteiger partial charge in [0.15, 0.2) is 9.84 Å². The van der Waals surface area contributed by atoms with Crippen molar-refractivity contribution in [2.75, 3.05) is 49.6 Å². The summed E-state index contributed by atoms with van der Waals surface area (Å²) in [5.41, 5.74) is 1.02. The topological polar surface area (TPSA) is 95.5 Å². The number of nitrogens with one attached hydrogen (secondary N) is 1. The summed E-state index contributed by atoms with van der Waals surface area (Å²) in [5.74, 6) is 0.367. The zero-order chi connectivity index (χ0) is 17.3. The number of nitrogens with zero attached hydrogens (tertiary/aromatic N) is 4. The third kappa shape index (κ3) is 4.02. The molecule has 8 nitrogen and oxygen atoms in total. The van der Waals surface area contributed by atoms with Crippen molar-refractivity contribution >= 4 is 21.7 Å². The zero-order valence-electron chi connectivity index (χ0n) is 14.0. The molecule has 1 N–H and O–H groups in total. The number of anilines is 1. The number of hydrogen-bond donors (Lipinski definition) is 1. The second-order valence-electron chi connectivity index (χ2n) is 6.56. The molecule has 2 aliphatic heterocycles. The largest absolute Gasteiger partial charge is 0.347 e. The van der Waals surface area contributed by atoms with E-state index in [0.717, 1.165) is 31.9 Å². The maximum atomic E-state index is 12.4. The van der Waals surface area contributed by atoms with Gasteiger partial charge in [0.25, 0.3) is 5.91 Å². The van der Waals surface area contributed by atoms with Gasteiger partial charge in [-0.3, -0.25) is 4.79 Å². The van der Waals surface area contributed by atoms with Crippen molar-refractivity contribution in [1.82, 2.24) is 20.2 Å². The van der Waals surface area contributed by atoms with Crippen LogP contribution in [0.15, 0.2) is 6.07 Å². The maximum Gasteiger partial charge on any atom is 0.270 e. The van der Waals surface area contributed by atoms with Crippen LogP contribution < -0.4 is 10.2 Å².